The SMILES string of the molecule is CN1CCC(N2CCN(C(=O)[C@@H](Cc3cc(Cl)c(N)c(C(F)(F)F)c3)OC(=O)N3CCC(N4Cc5ccsc5NC4=O)CC3)CC2)CC1. The lowest BCUT2D eigenvalue weighted by Gasteiger charge is -2.43. The van der Waals surface area contributed by atoms with Gasteiger partial charge in [0.15, 0.2) is 6.10 Å². The molecule has 4 amide bonds. The highest BCUT2D eigenvalue weighted by Crippen LogP contribution is 2.38. The van der Waals surface area contributed by atoms with Crippen LogP contribution in [0.15, 0.2) is 23.6 Å². The molecule has 3 N–H and O–H groups in total. The Kier molecular flexibility index (Phi) is 10.3. The van der Waals surface area contributed by atoms with E-state index in [0.29, 0.717) is 64.7 Å². The van der Waals surface area contributed by atoms with Crippen molar-refractivity contribution in [3.05, 3.63) is 45.3 Å². The zero-order chi connectivity index (χ0) is 34.2. The summed E-state index contributed by atoms with van der Waals surface area (Å²) in [5.41, 5.74) is 5.07. The molecule has 6 rings (SSSR count). The summed E-state index contributed by atoms with van der Waals surface area (Å²) in [6, 6.07) is 4.31. The normalized spacial score (nSPS) is 21.2. The van der Waals surface area contributed by atoms with Crippen molar-refractivity contribution in [2.45, 2.75) is 63.0 Å². The number of nitrogens with two attached hydrogens (primary N) is 1. The number of anilines is 2. The molecule has 3 fully saturated rings. The maximum atomic E-state index is 13.9. The number of urea groups is 1. The monoisotopic (exact) mass is 711 g/mol. The number of rotatable bonds is 6. The summed E-state index contributed by atoms with van der Waals surface area (Å²) >= 11 is 7.57. The maximum absolute atomic E-state index is 13.9. The fourth-order valence-electron chi connectivity index (χ4n) is 7.14. The van der Waals surface area contributed by atoms with Gasteiger partial charge in [-0.15, -0.1) is 11.3 Å². The lowest BCUT2D eigenvalue weighted by molar-refractivity contribution is -0.143. The van der Waals surface area contributed by atoms with E-state index in [1.165, 1.54) is 22.3 Å². The van der Waals surface area contributed by atoms with E-state index in [1.807, 2.05) is 11.4 Å². The van der Waals surface area contributed by atoms with Crippen molar-refractivity contribution in [1.82, 2.24) is 24.5 Å². The van der Waals surface area contributed by atoms with Gasteiger partial charge in [-0.1, -0.05) is 11.6 Å². The standard InChI is InChI=1S/C32H41ClF3N7O4S/c1-39-7-2-22(3-8-39)40-11-13-41(14-12-40)29(44)26(18-20-16-24(32(34,35)36)27(37)25(33)17-20)47-31(46)42-9-4-23(5-10-42)43-19-21-6-15-48-28(21)38-30(43)45/h6,15-17,22-23,26H,2-5,7-14,18-19,37H2,1H3,(H,38,45)/t26-/m1/s1. The van der Waals surface area contributed by atoms with Gasteiger partial charge in [0.25, 0.3) is 5.91 Å². The van der Waals surface area contributed by atoms with Crippen molar-refractivity contribution in [3.63, 3.8) is 0 Å². The smallest absolute Gasteiger partial charge is 0.418 e. The van der Waals surface area contributed by atoms with Gasteiger partial charge in [-0.3, -0.25) is 15.0 Å². The van der Waals surface area contributed by atoms with Gasteiger partial charge < -0.3 is 30.1 Å². The number of fused-ring (bicyclic) bond motifs is 1. The van der Waals surface area contributed by atoms with Crippen LogP contribution in [-0.2, 0) is 28.7 Å². The van der Waals surface area contributed by atoms with Gasteiger partial charge in [-0.2, -0.15) is 13.2 Å². The third-order valence-corrected chi connectivity index (χ3v) is 11.2. The number of hydrogen-bond acceptors (Lipinski definition) is 8. The van der Waals surface area contributed by atoms with Gasteiger partial charge in [-0.25, -0.2) is 9.59 Å². The number of amides is 4. The average molecular weight is 712 g/mol. The summed E-state index contributed by atoms with van der Waals surface area (Å²) < 4.78 is 47.1. The minimum absolute atomic E-state index is 0.0836. The third kappa shape index (κ3) is 7.63. The Morgan fingerprint density at radius 1 is 1.02 bits per heavy atom. The molecule has 48 heavy (non-hydrogen) atoms. The number of hydrogen-bond donors (Lipinski definition) is 2. The van der Waals surface area contributed by atoms with E-state index in [0.717, 1.165) is 42.6 Å². The van der Waals surface area contributed by atoms with Crippen molar-refractivity contribution in [3.8, 4) is 0 Å². The zero-order valence-corrected chi connectivity index (χ0v) is 28.4. The van der Waals surface area contributed by atoms with E-state index in [9.17, 15) is 27.6 Å². The molecule has 2 aromatic rings. The lowest BCUT2D eigenvalue weighted by atomic mass is 10.0. The van der Waals surface area contributed by atoms with Crippen LogP contribution in [0.25, 0.3) is 0 Å². The summed E-state index contributed by atoms with van der Waals surface area (Å²) in [5, 5.41) is 5.42. The first-order valence-electron chi connectivity index (χ1n) is 16.3. The van der Waals surface area contributed by atoms with Crippen LogP contribution in [0.2, 0.25) is 5.02 Å². The van der Waals surface area contributed by atoms with E-state index in [2.05, 4.69) is 22.2 Å². The molecule has 0 spiro atoms. The van der Waals surface area contributed by atoms with Crippen LogP contribution in [-0.4, -0.2) is 120 Å². The molecular formula is C32H41ClF3N7O4S. The van der Waals surface area contributed by atoms with Crippen LogP contribution in [0.1, 0.15) is 42.4 Å². The van der Waals surface area contributed by atoms with E-state index in [4.69, 9.17) is 22.1 Å². The highest BCUT2D eigenvalue weighted by atomic mass is 35.5. The Balaban J connectivity index is 1.13. The van der Waals surface area contributed by atoms with Crippen molar-refractivity contribution in [2.75, 3.05) is 70.5 Å². The number of halogens is 4. The number of ether oxygens (including phenoxy) is 1. The largest absolute Gasteiger partial charge is 0.436 e. The molecule has 0 radical (unpaired) electrons. The number of piperidine rings is 2. The van der Waals surface area contributed by atoms with Crippen LogP contribution >= 0.6 is 22.9 Å². The van der Waals surface area contributed by atoms with Crippen molar-refractivity contribution >= 4 is 51.7 Å². The lowest BCUT2D eigenvalue weighted by Crippen LogP contribution is -2.56. The third-order valence-electron chi connectivity index (χ3n) is 10.00. The minimum atomic E-state index is -4.76. The van der Waals surface area contributed by atoms with Crippen LogP contribution in [0.3, 0.4) is 0 Å². The minimum Gasteiger partial charge on any atom is -0.436 e. The number of likely N-dealkylation sites (tertiary alicyclic amines) is 2. The molecule has 11 nitrogen and oxygen atoms in total. The molecule has 3 saturated heterocycles. The van der Waals surface area contributed by atoms with Crippen LogP contribution in [0.5, 0.6) is 0 Å². The Morgan fingerprint density at radius 2 is 1.69 bits per heavy atom. The maximum Gasteiger partial charge on any atom is 0.418 e. The molecule has 16 heteroatoms. The van der Waals surface area contributed by atoms with E-state index in [-0.39, 0.29) is 29.1 Å². The number of thiophene rings is 1. The topological polar surface area (TPSA) is 115 Å². The molecule has 0 unspecified atom stereocenters. The molecule has 4 aliphatic heterocycles. The number of benzene rings is 1. The highest BCUT2D eigenvalue weighted by molar-refractivity contribution is 7.14. The molecule has 1 atom stereocenters. The summed E-state index contributed by atoms with van der Waals surface area (Å²) in [6.45, 7) is 5.29. The van der Waals surface area contributed by atoms with Gasteiger partial charge in [0, 0.05) is 63.3 Å². The molecule has 5 heterocycles. The Hall–Kier alpha value is -3.27. The van der Waals surface area contributed by atoms with Crippen molar-refractivity contribution < 1.29 is 32.3 Å². The number of piperazine rings is 1. The zero-order valence-electron chi connectivity index (χ0n) is 26.8. The summed E-state index contributed by atoms with van der Waals surface area (Å²) in [7, 11) is 2.11. The Labute approximate surface area is 286 Å². The molecular weight excluding hydrogens is 671 g/mol. The fraction of sp³-hybridized carbons (Fsp3) is 0.594. The number of carbonyl (C=O) groups is 3. The predicted molar refractivity (Wildman–Crippen MR) is 177 cm³/mol. The molecule has 262 valence electrons. The first kappa shape index (κ1) is 34.6. The van der Waals surface area contributed by atoms with E-state index in [1.54, 1.807) is 9.80 Å². The number of carbonyl (C=O) groups excluding carboxylic acids is 3. The summed E-state index contributed by atoms with van der Waals surface area (Å²) in [5.74, 6) is -0.459. The number of nitrogen functional groups attached to an aromatic ring is 1. The van der Waals surface area contributed by atoms with E-state index >= 15 is 0 Å². The van der Waals surface area contributed by atoms with Gasteiger partial charge in [-0.05, 0) is 75.0 Å². The van der Waals surface area contributed by atoms with Gasteiger partial charge in [0.2, 0.25) is 0 Å². The number of nitrogens with zero attached hydrogens (tertiary/aromatic N) is 5. The number of alkyl halides is 3. The second-order valence-electron chi connectivity index (χ2n) is 13.1. The Morgan fingerprint density at radius 3 is 2.35 bits per heavy atom. The molecule has 0 saturated carbocycles. The van der Waals surface area contributed by atoms with Gasteiger partial charge >= 0.3 is 18.3 Å². The summed E-state index contributed by atoms with van der Waals surface area (Å²) in [6.07, 6.45) is -4.00. The second kappa shape index (κ2) is 14.3. The Bertz CT molecular complexity index is 1500. The second-order valence-corrected chi connectivity index (χ2v) is 14.4. The van der Waals surface area contributed by atoms with Crippen molar-refractivity contribution in [2.24, 2.45) is 0 Å². The van der Waals surface area contributed by atoms with Gasteiger partial charge in [0.05, 0.1) is 22.8 Å². The quantitative estimate of drug-likeness (QED) is 0.414. The predicted octanol–water partition coefficient (Wildman–Crippen LogP) is 4.80. The first-order valence-corrected chi connectivity index (χ1v) is 17.6. The fourth-order valence-corrected chi connectivity index (χ4v) is 8.18. The van der Waals surface area contributed by atoms with Gasteiger partial charge in [0.1, 0.15) is 5.00 Å². The molecule has 1 aromatic carbocycles. The molecule has 4 aliphatic rings. The average Bonchev–Trinajstić information content (AvgIpc) is 3.52. The number of nitrogens with one attached hydrogen (secondary N) is 1. The van der Waals surface area contributed by atoms with Crippen LogP contribution in [0, 0.1) is 0 Å². The van der Waals surface area contributed by atoms with Crippen LogP contribution in [0.4, 0.5) is 33.4 Å². The molecule has 0 aliphatic carbocycles. The first-order chi connectivity index (χ1) is 22.9. The van der Waals surface area contributed by atoms with E-state index < -0.39 is 35.5 Å². The highest BCUT2D eigenvalue weighted by Gasteiger charge is 2.38. The van der Waals surface area contributed by atoms with Crippen LogP contribution < -0.4 is 11.1 Å². The van der Waals surface area contributed by atoms with Crippen molar-refractivity contribution in [1.29, 1.82) is 0 Å². The molecule has 0 bridgehead atoms. The molecule has 1 aromatic heterocycles. The summed E-state index contributed by atoms with van der Waals surface area (Å²) in [4.78, 5) is 49.8.